The summed E-state index contributed by atoms with van der Waals surface area (Å²) in [5, 5.41) is 0. The first-order valence-electron chi connectivity index (χ1n) is 9.30. The summed E-state index contributed by atoms with van der Waals surface area (Å²) in [6, 6.07) is 13.8. The Kier molecular flexibility index (Phi) is 6.35. The minimum Gasteiger partial charge on any atom is -0.492 e. The minimum absolute atomic E-state index is 0.0637. The van der Waals surface area contributed by atoms with Gasteiger partial charge in [-0.05, 0) is 68.8 Å². The van der Waals surface area contributed by atoms with Crippen LogP contribution in [0, 0.1) is 5.92 Å². The predicted octanol–water partition coefficient (Wildman–Crippen LogP) is 3.70. The quantitative estimate of drug-likeness (QED) is 0.697. The van der Waals surface area contributed by atoms with E-state index >= 15 is 0 Å². The van der Waals surface area contributed by atoms with Crippen LogP contribution in [0.5, 0.6) is 17.2 Å². The smallest absolute Gasteiger partial charge is 0.309 e. The first-order valence-corrected chi connectivity index (χ1v) is 9.30. The number of carbonyl (C=O) groups is 1. The Hall–Kier alpha value is -2.53. The summed E-state index contributed by atoms with van der Waals surface area (Å²) in [6.45, 7) is 1.49. The Labute approximate surface area is 160 Å². The van der Waals surface area contributed by atoms with Gasteiger partial charge in [0, 0.05) is 12.6 Å². The van der Waals surface area contributed by atoms with E-state index in [4.69, 9.17) is 14.2 Å². The number of rotatable bonds is 7. The Morgan fingerprint density at radius 3 is 2.63 bits per heavy atom. The molecule has 1 unspecified atom stereocenters. The number of nitrogens with zero attached hydrogens (tertiary/aromatic N) is 1. The van der Waals surface area contributed by atoms with Crippen LogP contribution in [-0.2, 0) is 22.4 Å². The lowest BCUT2D eigenvalue weighted by Gasteiger charge is -2.23. The van der Waals surface area contributed by atoms with Crippen molar-refractivity contribution in [2.45, 2.75) is 19.3 Å². The van der Waals surface area contributed by atoms with Gasteiger partial charge in [0.05, 0.1) is 13.0 Å². The normalized spacial score (nSPS) is 15.9. The number of likely N-dealkylation sites (N-methyl/N-ethyl adjacent to an activating group) is 1. The van der Waals surface area contributed by atoms with Crippen molar-refractivity contribution in [3.05, 3.63) is 53.6 Å². The van der Waals surface area contributed by atoms with Crippen LogP contribution in [0.2, 0.25) is 0 Å². The van der Waals surface area contributed by atoms with Gasteiger partial charge in [-0.25, -0.2) is 0 Å². The maximum atomic E-state index is 11.8. The van der Waals surface area contributed by atoms with Gasteiger partial charge in [-0.2, -0.15) is 0 Å². The SMILES string of the molecule is COC(=O)C1CCc2ccc(Oc3cccc(OCCN(C)C)c3)cc2C1. The molecule has 1 aliphatic rings. The molecule has 0 N–H and O–H groups in total. The molecule has 1 atom stereocenters. The van der Waals surface area contributed by atoms with Crippen molar-refractivity contribution in [1.82, 2.24) is 4.90 Å². The van der Waals surface area contributed by atoms with Crippen molar-refractivity contribution in [3.8, 4) is 17.2 Å². The van der Waals surface area contributed by atoms with Crippen molar-refractivity contribution in [1.29, 1.82) is 0 Å². The second-order valence-corrected chi connectivity index (χ2v) is 7.12. The van der Waals surface area contributed by atoms with Crippen LogP contribution in [0.4, 0.5) is 0 Å². The number of carbonyl (C=O) groups excluding carboxylic acids is 1. The molecule has 0 heterocycles. The summed E-state index contributed by atoms with van der Waals surface area (Å²) in [5.41, 5.74) is 2.44. The van der Waals surface area contributed by atoms with Crippen molar-refractivity contribution < 1.29 is 19.0 Å². The van der Waals surface area contributed by atoms with Crippen molar-refractivity contribution in [2.24, 2.45) is 5.92 Å². The summed E-state index contributed by atoms with van der Waals surface area (Å²) in [7, 11) is 5.48. The number of aryl methyl sites for hydroxylation is 1. The van der Waals surface area contributed by atoms with Crippen LogP contribution >= 0.6 is 0 Å². The van der Waals surface area contributed by atoms with Crippen LogP contribution in [0.25, 0.3) is 0 Å². The van der Waals surface area contributed by atoms with Crippen LogP contribution in [-0.4, -0.2) is 45.2 Å². The monoisotopic (exact) mass is 369 g/mol. The highest BCUT2D eigenvalue weighted by molar-refractivity contribution is 5.73. The highest BCUT2D eigenvalue weighted by atomic mass is 16.5. The summed E-state index contributed by atoms with van der Waals surface area (Å²) >= 11 is 0. The number of fused-ring (bicyclic) bond motifs is 1. The van der Waals surface area contributed by atoms with Gasteiger partial charge < -0.3 is 19.1 Å². The van der Waals surface area contributed by atoms with Crippen LogP contribution in [0.1, 0.15) is 17.5 Å². The minimum atomic E-state index is -0.130. The molecule has 0 radical (unpaired) electrons. The van der Waals surface area contributed by atoms with Gasteiger partial charge in [-0.1, -0.05) is 12.1 Å². The summed E-state index contributed by atoms with van der Waals surface area (Å²) in [6.07, 6.45) is 2.43. The van der Waals surface area contributed by atoms with Gasteiger partial charge in [0.2, 0.25) is 0 Å². The van der Waals surface area contributed by atoms with E-state index in [0.717, 1.165) is 42.2 Å². The largest absolute Gasteiger partial charge is 0.492 e. The van der Waals surface area contributed by atoms with Crippen LogP contribution in [0.3, 0.4) is 0 Å². The lowest BCUT2D eigenvalue weighted by atomic mass is 9.84. The maximum absolute atomic E-state index is 11.8. The third-order valence-corrected chi connectivity index (χ3v) is 4.79. The van der Waals surface area contributed by atoms with Crippen molar-refractivity contribution in [2.75, 3.05) is 34.4 Å². The zero-order chi connectivity index (χ0) is 19.2. The third kappa shape index (κ3) is 5.23. The average Bonchev–Trinajstić information content (AvgIpc) is 2.67. The summed E-state index contributed by atoms with van der Waals surface area (Å²) in [5.74, 6) is 2.10. The topological polar surface area (TPSA) is 48.0 Å². The highest BCUT2D eigenvalue weighted by Gasteiger charge is 2.25. The molecule has 0 saturated carbocycles. The van der Waals surface area contributed by atoms with Gasteiger partial charge in [0.15, 0.2) is 0 Å². The molecule has 2 aromatic carbocycles. The number of esters is 1. The van der Waals surface area contributed by atoms with Crippen LogP contribution in [0.15, 0.2) is 42.5 Å². The lowest BCUT2D eigenvalue weighted by Crippen LogP contribution is -2.23. The lowest BCUT2D eigenvalue weighted by molar-refractivity contribution is -0.145. The van der Waals surface area contributed by atoms with E-state index in [9.17, 15) is 4.79 Å². The molecule has 144 valence electrons. The molecule has 5 nitrogen and oxygen atoms in total. The van der Waals surface area contributed by atoms with E-state index in [1.807, 2.05) is 50.5 Å². The molecule has 0 amide bonds. The Morgan fingerprint density at radius 2 is 1.85 bits per heavy atom. The second-order valence-electron chi connectivity index (χ2n) is 7.12. The van der Waals surface area contributed by atoms with E-state index in [1.165, 1.54) is 12.7 Å². The van der Waals surface area contributed by atoms with Gasteiger partial charge in [-0.15, -0.1) is 0 Å². The fraction of sp³-hybridized carbons (Fsp3) is 0.409. The highest BCUT2D eigenvalue weighted by Crippen LogP contribution is 2.32. The van der Waals surface area contributed by atoms with Gasteiger partial charge in [-0.3, -0.25) is 4.79 Å². The van der Waals surface area contributed by atoms with Gasteiger partial charge >= 0.3 is 5.97 Å². The molecule has 0 aliphatic heterocycles. The molecule has 0 fully saturated rings. The maximum Gasteiger partial charge on any atom is 0.309 e. The number of benzene rings is 2. The Morgan fingerprint density at radius 1 is 1.07 bits per heavy atom. The number of hydrogen-bond donors (Lipinski definition) is 0. The molecule has 5 heteroatoms. The standard InChI is InChI=1S/C22H27NO4/c1-23(2)11-12-26-19-5-4-6-20(15-19)27-21-10-9-16-7-8-17(22(24)25-3)13-18(16)14-21/h4-6,9-10,14-15,17H,7-8,11-13H2,1-3H3. The molecule has 27 heavy (non-hydrogen) atoms. The number of ether oxygens (including phenoxy) is 3. The van der Waals surface area contributed by atoms with Gasteiger partial charge in [0.25, 0.3) is 0 Å². The molecule has 0 saturated heterocycles. The van der Waals surface area contributed by atoms with E-state index < -0.39 is 0 Å². The van der Waals surface area contributed by atoms with E-state index in [0.29, 0.717) is 13.0 Å². The molecule has 0 bridgehead atoms. The summed E-state index contributed by atoms with van der Waals surface area (Å²) in [4.78, 5) is 13.9. The predicted molar refractivity (Wildman–Crippen MR) is 105 cm³/mol. The first-order chi connectivity index (χ1) is 13.0. The van der Waals surface area contributed by atoms with E-state index in [2.05, 4.69) is 11.0 Å². The molecule has 0 spiro atoms. The molecule has 0 aromatic heterocycles. The molecule has 1 aliphatic carbocycles. The Balaban J connectivity index is 1.67. The summed E-state index contributed by atoms with van der Waals surface area (Å²) < 4.78 is 16.7. The first kappa shape index (κ1) is 19.2. The Bertz CT molecular complexity index is 788. The van der Waals surface area contributed by atoms with E-state index in [1.54, 1.807) is 0 Å². The fourth-order valence-corrected chi connectivity index (χ4v) is 3.27. The molecule has 2 aromatic rings. The van der Waals surface area contributed by atoms with Crippen molar-refractivity contribution >= 4 is 5.97 Å². The zero-order valence-electron chi connectivity index (χ0n) is 16.2. The number of hydrogen-bond acceptors (Lipinski definition) is 5. The number of methoxy groups -OCH3 is 1. The third-order valence-electron chi connectivity index (χ3n) is 4.79. The van der Waals surface area contributed by atoms with Gasteiger partial charge in [0.1, 0.15) is 23.9 Å². The van der Waals surface area contributed by atoms with Crippen molar-refractivity contribution in [3.63, 3.8) is 0 Å². The molecular weight excluding hydrogens is 342 g/mol. The zero-order valence-corrected chi connectivity index (χ0v) is 16.2. The second kappa shape index (κ2) is 8.91. The molecular formula is C22H27NO4. The van der Waals surface area contributed by atoms with E-state index in [-0.39, 0.29) is 11.9 Å². The molecule has 3 rings (SSSR count). The fourth-order valence-electron chi connectivity index (χ4n) is 3.27. The average molecular weight is 369 g/mol. The van der Waals surface area contributed by atoms with Crippen LogP contribution < -0.4 is 9.47 Å².